The number of carbonyl (C=O) groups is 1. The number of nitrogens with one attached hydrogen (secondary N) is 2. The zero-order valence-electron chi connectivity index (χ0n) is 15.2. The standard InChI is InChI=1S/C20H26N4OS/c1-21-20(22-11-10-18-4-3-13-26-18)23-14-16-6-8-17(9-7-16)15-24-12-2-5-19(24)25/h3-4,6-9,13H,2,5,10-12,14-15H2,1H3,(H2,21,22,23). The quantitative estimate of drug-likeness (QED) is 0.582. The normalized spacial score (nSPS) is 14.7. The molecular weight excluding hydrogens is 344 g/mol. The number of hydrogen-bond acceptors (Lipinski definition) is 3. The third-order valence-electron chi connectivity index (χ3n) is 4.50. The van der Waals surface area contributed by atoms with E-state index < -0.39 is 0 Å². The van der Waals surface area contributed by atoms with Crippen LogP contribution in [0.15, 0.2) is 46.8 Å². The molecule has 6 heteroatoms. The van der Waals surface area contributed by atoms with Gasteiger partial charge < -0.3 is 15.5 Å². The smallest absolute Gasteiger partial charge is 0.222 e. The fraction of sp³-hybridized carbons (Fsp3) is 0.400. The monoisotopic (exact) mass is 370 g/mol. The van der Waals surface area contributed by atoms with Crippen LogP contribution in [0.3, 0.4) is 0 Å². The maximum Gasteiger partial charge on any atom is 0.222 e. The first kappa shape index (κ1) is 18.5. The van der Waals surface area contributed by atoms with Crippen molar-refractivity contribution >= 4 is 23.2 Å². The van der Waals surface area contributed by atoms with Crippen LogP contribution in [0.25, 0.3) is 0 Å². The SMILES string of the molecule is CN=C(NCCc1cccs1)NCc1ccc(CN2CCCC2=O)cc1. The summed E-state index contributed by atoms with van der Waals surface area (Å²) in [5, 5.41) is 8.79. The van der Waals surface area contributed by atoms with Gasteiger partial charge in [-0.05, 0) is 35.4 Å². The third-order valence-corrected chi connectivity index (χ3v) is 5.43. The van der Waals surface area contributed by atoms with Gasteiger partial charge in [0.1, 0.15) is 0 Å². The van der Waals surface area contributed by atoms with Gasteiger partial charge in [-0.1, -0.05) is 30.3 Å². The molecule has 0 spiro atoms. The predicted octanol–water partition coefficient (Wildman–Crippen LogP) is 2.78. The van der Waals surface area contributed by atoms with Crippen LogP contribution in [0.1, 0.15) is 28.8 Å². The molecule has 0 saturated carbocycles. The van der Waals surface area contributed by atoms with Crippen molar-refractivity contribution in [2.24, 2.45) is 4.99 Å². The molecule has 1 aliphatic heterocycles. The Bertz CT molecular complexity index is 725. The highest BCUT2D eigenvalue weighted by Gasteiger charge is 2.19. The summed E-state index contributed by atoms with van der Waals surface area (Å²) in [4.78, 5) is 19.3. The first-order valence-corrected chi connectivity index (χ1v) is 9.95. The zero-order valence-corrected chi connectivity index (χ0v) is 16.0. The molecule has 0 bridgehead atoms. The van der Waals surface area contributed by atoms with Gasteiger partial charge in [0.15, 0.2) is 5.96 Å². The number of nitrogens with zero attached hydrogens (tertiary/aromatic N) is 2. The number of benzene rings is 1. The van der Waals surface area contributed by atoms with E-state index in [2.05, 4.69) is 57.4 Å². The van der Waals surface area contributed by atoms with Gasteiger partial charge >= 0.3 is 0 Å². The van der Waals surface area contributed by atoms with Crippen LogP contribution >= 0.6 is 11.3 Å². The zero-order chi connectivity index (χ0) is 18.2. The van der Waals surface area contributed by atoms with Crippen LogP contribution in [-0.2, 0) is 24.3 Å². The van der Waals surface area contributed by atoms with Crippen molar-refractivity contribution in [1.82, 2.24) is 15.5 Å². The summed E-state index contributed by atoms with van der Waals surface area (Å²) >= 11 is 1.78. The highest BCUT2D eigenvalue weighted by atomic mass is 32.1. The molecule has 1 fully saturated rings. The highest BCUT2D eigenvalue weighted by molar-refractivity contribution is 7.09. The van der Waals surface area contributed by atoms with E-state index in [1.165, 1.54) is 16.0 Å². The van der Waals surface area contributed by atoms with Crippen LogP contribution < -0.4 is 10.6 Å². The fourth-order valence-corrected chi connectivity index (χ4v) is 3.73. The third kappa shape index (κ3) is 5.33. The molecule has 0 radical (unpaired) electrons. The van der Waals surface area contributed by atoms with E-state index in [-0.39, 0.29) is 5.91 Å². The molecule has 26 heavy (non-hydrogen) atoms. The molecule has 2 aromatic rings. The van der Waals surface area contributed by atoms with E-state index in [1.807, 2.05) is 4.90 Å². The summed E-state index contributed by atoms with van der Waals surface area (Å²) < 4.78 is 0. The first-order valence-electron chi connectivity index (χ1n) is 9.07. The molecule has 1 aromatic carbocycles. The number of hydrogen-bond donors (Lipinski definition) is 2. The van der Waals surface area contributed by atoms with Crippen LogP contribution in [0.4, 0.5) is 0 Å². The first-order chi connectivity index (χ1) is 12.7. The van der Waals surface area contributed by atoms with Gasteiger partial charge in [-0.15, -0.1) is 11.3 Å². The summed E-state index contributed by atoms with van der Waals surface area (Å²) in [6.07, 6.45) is 2.68. The Hall–Kier alpha value is -2.34. The topological polar surface area (TPSA) is 56.7 Å². The summed E-state index contributed by atoms with van der Waals surface area (Å²) in [5.41, 5.74) is 2.38. The van der Waals surface area contributed by atoms with Crippen molar-refractivity contribution in [3.63, 3.8) is 0 Å². The minimum atomic E-state index is 0.271. The number of likely N-dealkylation sites (tertiary alicyclic amines) is 1. The van der Waals surface area contributed by atoms with Crippen molar-refractivity contribution in [1.29, 1.82) is 0 Å². The maximum absolute atomic E-state index is 11.7. The molecule has 1 aromatic heterocycles. The second kappa shape index (κ2) is 9.38. The molecule has 2 N–H and O–H groups in total. The van der Waals surface area contributed by atoms with E-state index in [4.69, 9.17) is 0 Å². The predicted molar refractivity (Wildman–Crippen MR) is 107 cm³/mol. The molecular formula is C20H26N4OS. The molecule has 0 atom stereocenters. The van der Waals surface area contributed by atoms with Gasteiger partial charge in [-0.25, -0.2) is 0 Å². The Morgan fingerprint density at radius 3 is 2.65 bits per heavy atom. The van der Waals surface area contributed by atoms with E-state index >= 15 is 0 Å². The van der Waals surface area contributed by atoms with Gasteiger partial charge in [-0.2, -0.15) is 0 Å². The van der Waals surface area contributed by atoms with Crippen molar-refractivity contribution in [3.8, 4) is 0 Å². The second-order valence-corrected chi connectivity index (χ2v) is 7.45. The number of rotatable bonds is 7. The van der Waals surface area contributed by atoms with E-state index in [1.54, 1.807) is 18.4 Å². The van der Waals surface area contributed by atoms with Crippen molar-refractivity contribution in [2.75, 3.05) is 20.1 Å². The molecule has 5 nitrogen and oxygen atoms in total. The molecule has 1 amide bonds. The lowest BCUT2D eigenvalue weighted by Crippen LogP contribution is -2.37. The Balaban J connectivity index is 1.42. The van der Waals surface area contributed by atoms with Crippen molar-refractivity contribution in [2.45, 2.75) is 32.4 Å². The van der Waals surface area contributed by atoms with Gasteiger partial charge in [0, 0.05) is 44.5 Å². The molecule has 0 aliphatic carbocycles. The van der Waals surface area contributed by atoms with Crippen molar-refractivity contribution in [3.05, 3.63) is 57.8 Å². The largest absolute Gasteiger partial charge is 0.356 e. The number of thiophene rings is 1. The number of aliphatic imine (C=N–C) groups is 1. The van der Waals surface area contributed by atoms with Gasteiger partial charge in [0.25, 0.3) is 0 Å². The lowest BCUT2D eigenvalue weighted by molar-refractivity contribution is -0.128. The molecule has 2 heterocycles. The summed E-state index contributed by atoms with van der Waals surface area (Å²) in [6, 6.07) is 12.7. The van der Waals surface area contributed by atoms with Crippen molar-refractivity contribution < 1.29 is 4.79 Å². The van der Waals surface area contributed by atoms with Gasteiger partial charge in [0.05, 0.1) is 0 Å². The van der Waals surface area contributed by atoms with Crippen LogP contribution in [0.5, 0.6) is 0 Å². The Kier molecular flexibility index (Phi) is 6.66. The van der Waals surface area contributed by atoms with Crippen LogP contribution in [0.2, 0.25) is 0 Å². The van der Waals surface area contributed by atoms with Gasteiger partial charge in [0.2, 0.25) is 5.91 Å². The van der Waals surface area contributed by atoms with E-state index in [0.29, 0.717) is 6.42 Å². The lowest BCUT2D eigenvalue weighted by Gasteiger charge is -2.16. The van der Waals surface area contributed by atoms with Crippen LogP contribution in [0, 0.1) is 0 Å². The summed E-state index contributed by atoms with van der Waals surface area (Å²) in [5.74, 6) is 1.08. The molecule has 1 saturated heterocycles. The number of guanidine groups is 1. The minimum Gasteiger partial charge on any atom is -0.356 e. The Labute approximate surface area is 159 Å². The van der Waals surface area contributed by atoms with Gasteiger partial charge in [-0.3, -0.25) is 9.79 Å². The summed E-state index contributed by atoms with van der Waals surface area (Å²) in [7, 11) is 1.79. The molecule has 0 unspecified atom stereocenters. The maximum atomic E-state index is 11.7. The minimum absolute atomic E-state index is 0.271. The van der Waals surface area contributed by atoms with Crippen LogP contribution in [-0.4, -0.2) is 36.9 Å². The summed E-state index contributed by atoms with van der Waals surface area (Å²) in [6.45, 7) is 3.19. The molecule has 1 aliphatic rings. The lowest BCUT2D eigenvalue weighted by atomic mass is 10.1. The highest BCUT2D eigenvalue weighted by Crippen LogP contribution is 2.14. The fourth-order valence-electron chi connectivity index (χ4n) is 3.02. The number of amides is 1. The molecule has 138 valence electrons. The average molecular weight is 371 g/mol. The van der Waals surface area contributed by atoms with E-state index in [0.717, 1.165) is 45.0 Å². The second-order valence-electron chi connectivity index (χ2n) is 6.42. The van der Waals surface area contributed by atoms with E-state index in [9.17, 15) is 4.79 Å². The number of carbonyl (C=O) groups excluding carboxylic acids is 1. The Morgan fingerprint density at radius 2 is 2.00 bits per heavy atom. The average Bonchev–Trinajstić information content (AvgIpc) is 3.31. The molecule has 3 rings (SSSR count). The Morgan fingerprint density at radius 1 is 1.19 bits per heavy atom.